The first-order valence-electron chi connectivity index (χ1n) is 13.3. The number of hydrogen-bond donors (Lipinski definition) is 3. The fraction of sp³-hybridized carbons (Fsp3) is 0.433. The number of primary amides is 1. The van der Waals surface area contributed by atoms with Gasteiger partial charge in [0, 0.05) is 41.8 Å². The lowest BCUT2D eigenvalue weighted by Gasteiger charge is -2.28. The van der Waals surface area contributed by atoms with E-state index in [-0.39, 0.29) is 30.0 Å². The van der Waals surface area contributed by atoms with Crippen molar-refractivity contribution in [2.45, 2.75) is 60.1 Å². The highest BCUT2D eigenvalue weighted by atomic mass is 16.5. The van der Waals surface area contributed by atoms with E-state index in [1.165, 1.54) is 6.20 Å². The fourth-order valence-electron chi connectivity index (χ4n) is 4.62. The van der Waals surface area contributed by atoms with Crippen LogP contribution >= 0.6 is 0 Å². The summed E-state index contributed by atoms with van der Waals surface area (Å²) in [5.41, 5.74) is 9.55. The average molecular weight is 537 g/mol. The first kappa shape index (κ1) is 29.7. The molecule has 9 heteroatoms. The van der Waals surface area contributed by atoms with Crippen LogP contribution in [0.15, 0.2) is 36.5 Å². The highest BCUT2D eigenvalue weighted by molar-refractivity contribution is 6.08. The largest absolute Gasteiger partial charge is 0.493 e. The smallest absolute Gasteiger partial charge is 0.252 e. The maximum atomic E-state index is 12.5. The lowest BCUT2D eigenvalue weighted by Crippen LogP contribution is -2.40. The topological polar surface area (TPSA) is 127 Å². The predicted molar refractivity (Wildman–Crippen MR) is 154 cm³/mol. The molecule has 3 rings (SSSR count). The fourth-order valence-corrected chi connectivity index (χ4v) is 4.62. The molecule has 1 aromatic heterocycles. The van der Waals surface area contributed by atoms with E-state index in [0.717, 1.165) is 16.8 Å². The van der Waals surface area contributed by atoms with E-state index in [1.54, 1.807) is 19.2 Å². The lowest BCUT2D eigenvalue weighted by molar-refractivity contribution is -0.136. The Morgan fingerprint density at radius 1 is 1.15 bits per heavy atom. The van der Waals surface area contributed by atoms with Crippen LogP contribution in [0, 0.1) is 5.92 Å². The molecule has 210 valence electrons. The van der Waals surface area contributed by atoms with Gasteiger partial charge < -0.3 is 30.5 Å². The zero-order valence-corrected chi connectivity index (χ0v) is 23.7. The molecule has 4 N–H and O–H groups in total. The number of nitrogens with two attached hydrogens (primary N) is 1. The molecular weight excluding hydrogens is 496 g/mol. The van der Waals surface area contributed by atoms with Gasteiger partial charge in [0.15, 0.2) is 11.5 Å². The molecule has 0 spiro atoms. The van der Waals surface area contributed by atoms with Crippen molar-refractivity contribution in [2.75, 3.05) is 25.6 Å². The van der Waals surface area contributed by atoms with Crippen LogP contribution in [-0.2, 0) is 17.8 Å². The minimum Gasteiger partial charge on any atom is -0.493 e. The first-order chi connectivity index (χ1) is 18.6. The van der Waals surface area contributed by atoms with Crippen molar-refractivity contribution in [2.24, 2.45) is 11.7 Å². The molecule has 39 heavy (non-hydrogen) atoms. The summed E-state index contributed by atoms with van der Waals surface area (Å²) in [6.45, 7) is 10.7. The number of hydrogen-bond acceptors (Lipinski definition) is 7. The Morgan fingerprint density at radius 3 is 2.49 bits per heavy atom. The van der Waals surface area contributed by atoms with E-state index < -0.39 is 5.91 Å². The monoisotopic (exact) mass is 536 g/mol. The maximum Gasteiger partial charge on any atom is 0.252 e. The molecule has 0 saturated heterocycles. The van der Waals surface area contributed by atoms with Crippen molar-refractivity contribution < 1.29 is 24.2 Å². The number of nitrogens with one attached hydrogen (secondary N) is 1. The zero-order valence-electron chi connectivity index (χ0n) is 23.7. The van der Waals surface area contributed by atoms with Crippen molar-refractivity contribution in [3.63, 3.8) is 0 Å². The van der Waals surface area contributed by atoms with Crippen LogP contribution in [0.25, 0.3) is 10.9 Å². The van der Waals surface area contributed by atoms with Crippen molar-refractivity contribution in [3.8, 4) is 11.5 Å². The number of anilines is 2. The van der Waals surface area contributed by atoms with Gasteiger partial charge in [-0.25, -0.2) is 0 Å². The Labute approximate surface area is 230 Å². The molecular formula is C30H40N4O5. The number of aliphatic hydroxyl groups excluding tert-OH is 1. The van der Waals surface area contributed by atoms with Crippen molar-refractivity contribution in [1.29, 1.82) is 0 Å². The van der Waals surface area contributed by atoms with Crippen LogP contribution < -0.4 is 20.5 Å². The maximum absolute atomic E-state index is 12.5. The summed E-state index contributed by atoms with van der Waals surface area (Å²) in [7, 11) is 1.55. The highest BCUT2D eigenvalue weighted by Crippen LogP contribution is 2.38. The van der Waals surface area contributed by atoms with Crippen LogP contribution in [0.2, 0.25) is 0 Å². The third kappa shape index (κ3) is 6.78. The number of amides is 2. The van der Waals surface area contributed by atoms with Gasteiger partial charge in [0.05, 0.1) is 37.1 Å². The summed E-state index contributed by atoms with van der Waals surface area (Å²) in [5, 5.41) is 13.8. The Balaban J connectivity index is 1.93. The number of pyridine rings is 1. The molecule has 0 radical (unpaired) electrons. The number of methoxy groups -OCH3 is 1. The predicted octanol–water partition coefficient (Wildman–Crippen LogP) is 4.80. The molecule has 0 unspecified atom stereocenters. The van der Waals surface area contributed by atoms with Crippen LogP contribution in [0.5, 0.6) is 11.5 Å². The van der Waals surface area contributed by atoms with E-state index >= 15 is 0 Å². The van der Waals surface area contributed by atoms with Crippen molar-refractivity contribution in [1.82, 2.24) is 9.88 Å². The van der Waals surface area contributed by atoms with Gasteiger partial charge in [-0.15, -0.1) is 0 Å². The molecule has 0 fully saturated rings. The molecule has 0 atom stereocenters. The van der Waals surface area contributed by atoms with Gasteiger partial charge in [-0.3, -0.25) is 14.6 Å². The van der Waals surface area contributed by atoms with Crippen LogP contribution in [0.1, 0.15) is 62.5 Å². The summed E-state index contributed by atoms with van der Waals surface area (Å²) in [4.78, 5) is 31.2. The molecule has 0 aliphatic carbocycles. The van der Waals surface area contributed by atoms with Gasteiger partial charge in [0.25, 0.3) is 5.91 Å². The lowest BCUT2D eigenvalue weighted by atomic mass is 10.0. The molecule has 0 saturated carbocycles. The Hall–Kier alpha value is -3.85. The minimum atomic E-state index is -0.617. The van der Waals surface area contributed by atoms with E-state index in [2.05, 4.69) is 10.3 Å². The van der Waals surface area contributed by atoms with Gasteiger partial charge in [0.2, 0.25) is 5.91 Å². The molecule has 3 aromatic rings. The number of benzene rings is 2. The van der Waals surface area contributed by atoms with Crippen molar-refractivity contribution in [3.05, 3.63) is 53.2 Å². The standard InChI is InChI=1S/C30H40N4O5/c1-7-21-20(17-35)10-8-11-24(21)33-28-22-14-26(38-6)27(15-25(22)32-16-23(28)29(31)36)39-13-9-12-34(19(4)5)30(37)18(2)3/h8,10-11,14-16,18-19,35H,7,9,12-13,17H2,1-6H3,(H2,31,36)(H,32,33). The minimum absolute atomic E-state index is 0.0624. The molecule has 0 bridgehead atoms. The summed E-state index contributed by atoms with van der Waals surface area (Å²) in [5.74, 6) is 0.435. The second-order valence-electron chi connectivity index (χ2n) is 9.99. The van der Waals surface area contributed by atoms with Gasteiger partial charge in [-0.2, -0.15) is 0 Å². The summed E-state index contributed by atoms with van der Waals surface area (Å²) in [6.07, 6.45) is 2.79. The first-order valence-corrected chi connectivity index (χ1v) is 13.3. The number of rotatable bonds is 13. The normalized spacial score (nSPS) is 11.2. The number of ether oxygens (including phenoxy) is 2. The van der Waals surface area contributed by atoms with Crippen LogP contribution in [0.4, 0.5) is 11.4 Å². The quantitative estimate of drug-likeness (QED) is 0.268. The molecule has 2 aromatic carbocycles. The van der Waals surface area contributed by atoms with Crippen LogP contribution in [0.3, 0.4) is 0 Å². The third-order valence-corrected chi connectivity index (χ3v) is 6.68. The molecule has 2 amide bonds. The zero-order chi connectivity index (χ0) is 28.7. The van der Waals surface area contributed by atoms with Gasteiger partial charge in [-0.1, -0.05) is 32.9 Å². The molecule has 0 aliphatic rings. The third-order valence-electron chi connectivity index (χ3n) is 6.68. The van der Waals surface area contributed by atoms with Crippen molar-refractivity contribution >= 4 is 34.1 Å². The Kier molecular flexibility index (Phi) is 10.1. The molecule has 9 nitrogen and oxygen atoms in total. The number of fused-ring (bicyclic) bond motifs is 1. The van der Waals surface area contributed by atoms with E-state index in [0.29, 0.717) is 54.1 Å². The number of carbonyl (C=O) groups is 2. The van der Waals surface area contributed by atoms with E-state index in [1.807, 2.05) is 57.7 Å². The molecule has 1 heterocycles. The second-order valence-corrected chi connectivity index (χ2v) is 9.99. The number of nitrogens with zero attached hydrogens (tertiary/aromatic N) is 2. The van der Waals surface area contributed by atoms with E-state index in [4.69, 9.17) is 15.2 Å². The van der Waals surface area contributed by atoms with Gasteiger partial charge in [0.1, 0.15) is 0 Å². The number of aliphatic hydroxyl groups is 1. The van der Waals surface area contributed by atoms with Crippen LogP contribution in [-0.4, -0.2) is 53.1 Å². The summed E-state index contributed by atoms with van der Waals surface area (Å²) in [6, 6.07) is 9.27. The molecule has 0 aliphatic heterocycles. The highest BCUT2D eigenvalue weighted by Gasteiger charge is 2.21. The summed E-state index contributed by atoms with van der Waals surface area (Å²) >= 11 is 0. The average Bonchev–Trinajstić information content (AvgIpc) is 2.91. The number of aromatic nitrogens is 1. The SMILES string of the molecule is CCc1c(CO)cccc1Nc1c(C(N)=O)cnc2cc(OCCCN(C(=O)C(C)C)C(C)C)c(OC)cc12. The Morgan fingerprint density at radius 2 is 1.90 bits per heavy atom. The Bertz CT molecular complexity index is 1320. The van der Waals surface area contributed by atoms with Gasteiger partial charge >= 0.3 is 0 Å². The second kappa shape index (κ2) is 13.3. The number of carbonyl (C=O) groups excluding carboxylic acids is 2. The van der Waals surface area contributed by atoms with E-state index in [9.17, 15) is 14.7 Å². The van der Waals surface area contributed by atoms with Gasteiger partial charge in [-0.05, 0) is 49.9 Å². The summed E-state index contributed by atoms with van der Waals surface area (Å²) < 4.78 is 11.7.